The molecule has 0 bridgehead atoms. The molecule has 0 aliphatic heterocycles. The van der Waals surface area contributed by atoms with Gasteiger partial charge in [0.2, 0.25) is 0 Å². The number of carbonyl (C=O) groups excluding carboxylic acids is 1. The van der Waals surface area contributed by atoms with E-state index in [9.17, 15) is 4.79 Å². The molecule has 0 aromatic heterocycles. The van der Waals surface area contributed by atoms with E-state index in [0.29, 0.717) is 24.6 Å². The largest absolute Gasteiger partial charge is 0.484 e. The number of ether oxygens (including phenoxy) is 1. The molecule has 0 aliphatic rings. The molecular formula is C14H20BrNO3. The van der Waals surface area contributed by atoms with Crippen LogP contribution in [0, 0.1) is 5.92 Å². The first-order valence-corrected chi connectivity index (χ1v) is 7.21. The van der Waals surface area contributed by atoms with Crippen molar-refractivity contribution in [1.82, 2.24) is 5.32 Å². The van der Waals surface area contributed by atoms with Crippen molar-refractivity contribution in [3.8, 4) is 5.75 Å². The monoisotopic (exact) mass is 329 g/mol. The molecule has 1 rings (SSSR count). The standard InChI is InChI=1S/C14H20BrNO3/c1-2-11(6-7-17)9-16-14(18)10-19-13-5-3-4-12(15)8-13/h3-5,8,11,17H,2,6-7,9-10H2,1H3,(H,16,18). The number of aliphatic hydroxyl groups is 1. The summed E-state index contributed by atoms with van der Waals surface area (Å²) in [4.78, 5) is 11.6. The Balaban J connectivity index is 2.28. The van der Waals surface area contributed by atoms with Gasteiger partial charge in [-0.25, -0.2) is 0 Å². The van der Waals surface area contributed by atoms with Gasteiger partial charge in [-0.3, -0.25) is 4.79 Å². The molecule has 1 aromatic carbocycles. The Bertz CT molecular complexity index is 398. The number of hydrogen-bond acceptors (Lipinski definition) is 3. The highest BCUT2D eigenvalue weighted by atomic mass is 79.9. The molecule has 4 nitrogen and oxygen atoms in total. The van der Waals surface area contributed by atoms with Gasteiger partial charge < -0.3 is 15.2 Å². The first-order chi connectivity index (χ1) is 9.15. The Kier molecular flexibility index (Phi) is 7.52. The fourth-order valence-electron chi connectivity index (χ4n) is 1.65. The number of benzene rings is 1. The average molecular weight is 330 g/mol. The van der Waals surface area contributed by atoms with E-state index in [-0.39, 0.29) is 19.1 Å². The van der Waals surface area contributed by atoms with E-state index in [1.165, 1.54) is 0 Å². The van der Waals surface area contributed by atoms with Crippen molar-refractivity contribution >= 4 is 21.8 Å². The molecule has 19 heavy (non-hydrogen) atoms. The second-order valence-corrected chi connectivity index (χ2v) is 5.25. The summed E-state index contributed by atoms with van der Waals surface area (Å²) in [6.45, 7) is 2.79. The zero-order chi connectivity index (χ0) is 14.1. The van der Waals surface area contributed by atoms with Crippen LogP contribution in [0.15, 0.2) is 28.7 Å². The van der Waals surface area contributed by atoms with Crippen molar-refractivity contribution in [3.05, 3.63) is 28.7 Å². The predicted molar refractivity (Wildman–Crippen MR) is 78.1 cm³/mol. The molecule has 5 heteroatoms. The lowest BCUT2D eigenvalue weighted by molar-refractivity contribution is -0.123. The number of nitrogens with one attached hydrogen (secondary N) is 1. The van der Waals surface area contributed by atoms with Crippen LogP contribution in [0.4, 0.5) is 0 Å². The minimum Gasteiger partial charge on any atom is -0.484 e. The van der Waals surface area contributed by atoms with Gasteiger partial charge in [-0.2, -0.15) is 0 Å². The second-order valence-electron chi connectivity index (χ2n) is 4.34. The third kappa shape index (κ3) is 6.59. The van der Waals surface area contributed by atoms with Gasteiger partial charge in [0.1, 0.15) is 5.75 Å². The van der Waals surface area contributed by atoms with E-state index >= 15 is 0 Å². The summed E-state index contributed by atoms with van der Waals surface area (Å²) in [6.07, 6.45) is 1.65. The van der Waals surface area contributed by atoms with Crippen LogP contribution in [-0.2, 0) is 4.79 Å². The highest BCUT2D eigenvalue weighted by molar-refractivity contribution is 9.10. The van der Waals surface area contributed by atoms with Gasteiger partial charge in [0.25, 0.3) is 5.91 Å². The molecule has 2 N–H and O–H groups in total. The minimum absolute atomic E-state index is 0.00596. The fraction of sp³-hybridized carbons (Fsp3) is 0.500. The molecule has 0 radical (unpaired) electrons. The van der Waals surface area contributed by atoms with E-state index in [1.54, 1.807) is 6.07 Å². The Morgan fingerprint density at radius 3 is 2.95 bits per heavy atom. The number of rotatable bonds is 8. The van der Waals surface area contributed by atoms with Crippen molar-refractivity contribution in [3.63, 3.8) is 0 Å². The van der Waals surface area contributed by atoms with Gasteiger partial charge in [-0.05, 0) is 30.5 Å². The van der Waals surface area contributed by atoms with Gasteiger partial charge in [0.15, 0.2) is 6.61 Å². The van der Waals surface area contributed by atoms with Crippen LogP contribution in [-0.4, -0.2) is 30.8 Å². The maximum Gasteiger partial charge on any atom is 0.257 e. The maximum absolute atomic E-state index is 11.6. The molecule has 0 fully saturated rings. The van der Waals surface area contributed by atoms with Crippen LogP contribution in [0.2, 0.25) is 0 Å². The molecule has 0 saturated heterocycles. The zero-order valence-electron chi connectivity index (χ0n) is 11.1. The Hall–Kier alpha value is -1.07. The van der Waals surface area contributed by atoms with Gasteiger partial charge in [-0.1, -0.05) is 35.3 Å². The number of amides is 1. The lowest BCUT2D eigenvalue weighted by atomic mass is 10.0. The summed E-state index contributed by atoms with van der Waals surface area (Å²) in [5.41, 5.74) is 0. The third-order valence-electron chi connectivity index (χ3n) is 2.87. The summed E-state index contributed by atoms with van der Waals surface area (Å²) in [5, 5.41) is 11.7. The lowest BCUT2D eigenvalue weighted by Gasteiger charge is -2.14. The molecule has 1 amide bonds. The predicted octanol–water partition coefficient (Wildman–Crippen LogP) is 2.35. The number of aliphatic hydroxyl groups excluding tert-OH is 1. The summed E-state index contributed by atoms with van der Waals surface area (Å²) >= 11 is 3.34. The second kappa shape index (κ2) is 8.93. The minimum atomic E-state index is -0.142. The first kappa shape index (κ1) is 16.0. The summed E-state index contributed by atoms with van der Waals surface area (Å²) in [6, 6.07) is 7.37. The summed E-state index contributed by atoms with van der Waals surface area (Å²) < 4.78 is 6.30. The van der Waals surface area contributed by atoms with Crippen molar-refractivity contribution in [2.45, 2.75) is 19.8 Å². The Morgan fingerprint density at radius 2 is 2.32 bits per heavy atom. The maximum atomic E-state index is 11.6. The van der Waals surface area contributed by atoms with Crippen molar-refractivity contribution in [2.24, 2.45) is 5.92 Å². The highest BCUT2D eigenvalue weighted by Crippen LogP contribution is 2.17. The van der Waals surface area contributed by atoms with E-state index in [0.717, 1.165) is 10.9 Å². The third-order valence-corrected chi connectivity index (χ3v) is 3.36. The first-order valence-electron chi connectivity index (χ1n) is 6.41. The van der Waals surface area contributed by atoms with Crippen LogP contribution in [0.25, 0.3) is 0 Å². The number of halogens is 1. The van der Waals surface area contributed by atoms with Crippen LogP contribution < -0.4 is 10.1 Å². The van der Waals surface area contributed by atoms with Crippen molar-refractivity contribution in [2.75, 3.05) is 19.8 Å². The van der Waals surface area contributed by atoms with E-state index in [2.05, 4.69) is 21.2 Å². The Morgan fingerprint density at radius 1 is 1.53 bits per heavy atom. The highest BCUT2D eigenvalue weighted by Gasteiger charge is 2.08. The number of hydrogen-bond donors (Lipinski definition) is 2. The van der Waals surface area contributed by atoms with E-state index in [4.69, 9.17) is 9.84 Å². The normalized spacial score (nSPS) is 11.9. The van der Waals surface area contributed by atoms with Gasteiger partial charge in [0.05, 0.1) is 0 Å². The van der Waals surface area contributed by atoms with Crippen LogP contribution in [0.5, 0.6) is 5.75 Å². The quantitative estimate of drug-likeness (QED) is 0.769. The SMILES string of the molecule is CCC(CCO)CNC(=O)COc1cccc(Br)c1. The van der Waals surface area contributed by atoms with Gasteiger partial charge in [0, 0.05) is 17.6 Å². The van der Waals surface area contributed by atoms with Crippen LogP contribution >= 0.6 is 15.9 Å². The van der Waals surface area contributed by atoms with E-state index < -0.39 is 0 Å². The van der Waals surface area contributed by atoms with Gasteiger partial charge >= 0.3 is 0 Å². The van der Waals surface area contributed by atoms with Crippen LogP contribution in [0.3, 0.4) is 0 Å². The summed E-state index contributed by atoms with van der Waals surface area (Å²) in [5.74, 6) is 0.836. The smallest absolute Gasteiger partial charge is 0.257 e. The molecule has 0 saturated carbocycles. The van der Waals surface area contributed by atoms with Crippen molar-refractivity contribution in [1.29, 1.82) is 0 Å². The topological polar surface area (TPSA) is 58.6 Å². The zero-order valence-corrected chi connectivity index (χ0v) is 12.6. The molecule has 1 unspecified atom stereocenters. The van der Waals surface area contributed by atoms with Crippen molar-refractivity contribution < 1.29 is 14.6 Å². The molecule has 0 heterocycles. The lowest BCUT2D eigenvalue weighted by Crippen LogP contribution is -2.33. The summed E-state index contributed by atoms with van der Waals surface area (Å²) in [7, 11) is 0. The van der Waals surface area contributed by atoms with E-state index in [1.807, 2.05) is 25.1 Å². The molecular weight excluding hydrogens is 310 g/mol. The number of carbonyl (C=O) groups is 1. The van der Waals surface area contributed by atoms with Crippen LogP contribution in [0.1, 0.15) is 19.8 Å². The molecule has 1 atom stereocenters. The molecule has 1 aromatic rings. The average Bonchev–Trinajstić information content (AvgIpc) is 2.41. The Labute approximate surface area is 122 Å². The molecule has 106 valence electrons. The van der Waals surface area contributed by atoms with Gasteiger partial charge in [-0.15, -0.1) is 0 Å². The molecule has 0 aliphatic carbocycles. The molecule has 0 spiro atoms. The fourth-order valence-corrected chi connectivity index (χ4v) is 2.03.